The average Bonchev–Trinajstić information content (AvgIpc) is 2.93. The number of hydrogen-bond donors (Lipinski definition) is 1. The van der Waals surface area contributed by atoms with Crippen molar-refractivity contribution in [3.05, 3.63) is 94.8 Å². The molecule has 0 bridgehead atoms. The predicted octanol–water partition coefficient (Wildman–Crippen LogP) is 5.32. The van der Waals surface area contributed by atoms with Crippen LogP contribution in [0.2, 0.25) is 5.02 Å². The Balaban J connectivity index is 2.07. The first-order valence-electron chi connectivity index (χ1n) is 12.7. The van der Waals surface area contributed by atoms with Crippen LogP contribution in [0, 0.1) is 12.7 Å². The van der Waals surface area contributed by atoms with Crippen LogP contribution in [0.4, 0.5) is 10.1 Å². The molecule has 3 aromatic carbocycles. The van der Waals surface area contributed by atoms with E-state index in [9.17, 15) is 22.4 Å². The monoisotopic (exact) mass is 573 g/mol. The maximum absolute atomic E-state index is 14.0. The minimum atomic E-state index is -4.26. The lowest BCUT2D eigenvalue weighted by Crippen LogP contribution is -2.52. The summed E-state index contributed by atoms with van der Waals surface area (Å²) in [7, 11) is -4.26. The summed E-state index contributed by atoms with van der Waals surface area (Å²) < 4.78 is 42.4. The molecule has 3 aromatic rings. The van der Waals surface area contributed by atoms with E-state index in [-0.39, 0.29) is 28.1 Å². The molecule has 0 heterocycles. The summed E-state index contributed by atoms with van der Waals surface area (Å²) in [5.74, 6) is -1.62. The number of halogens is 2. The van der Waals surface area contributed by atoms with Crippen LogP contribution in [0.25, 0.3) is 0 Å². The summed E-state index contributed by atoms with van der Waals surface area (Å²) in [4.78, 5) is 28.5. The Bertz CT molecular complexity index is 1400. The topological polar surface area (TPSA) is 86.8 Å². The summed E-state index contributed by atoms with van der Waals surface area (Å²) in [6, 6.07) is 17.8. The van der Waals surface area contributed by atoms with Gasteiger partial charge in [-0.15, -0.1) is 0 Å². The summed E-state index contributed by atoms with van der Waals surface area (Å²) in [5.41, 5.74) is 1.78. The highest BCUT2D eigenvalue weighted by molar-refractivity contribution is 7.92. The summed E-state index contributed by atoms with van der Waals surface area (Å²) in [6.07, 6.45) is 1.04. The van der Waals surface area contributed by atoms with Gasteiger partial charge in [0.25, 0.3) is 10.0 Å². The van der Waals surface area contributed by atoms with Gasteiger partial charge in [-0.2, -0.15) is 0 Å². The fraction of sp³-hybridized carbons (Fsp3) is 0.310. The van der Waals surface area contributed by atoms with E-state index in [0.29, 0.717) is 13.0 Å². The van der Waals surface area contributed by atoms with Gasteiger partial charge in [0.2, 0.25) is 11.8 Å². The highest BCUT2D eigenvalue weighted by Crippen LogP contribution is 2.28. The minimum Gasteiger partial charge on any atom is -0.354 e. The zero-order valence-electron chi connectivity index (χ0n) is 22.2. The first-order chi connectivity index (χ1) is 18.6. The largest absolute Gasteiger partial charge is 0.354 e. The van der Waals surface area contributed by atoms with E-state index in [1.165, 1.54) is 29.2 Å². The molecule has 1 N–H and O–H groups in total. The highest BCUT2D eigenvalue weighted by atomic mass is 35.5. The van der Waals surface area contributed by atoms with E-state index < -0.39 is 34.3 Å². The summed E-state index contributed by atoms with van der Waals surface area (Å²) in [6.45, 7) is 5.56. The molecule has 0 saturated heterocycles. The molecule has 7 nitrogen and oxygen atoms in total. The van der Waals surface area contributed by atoms with Crippen LogP contribution >= 0.6 is 11.6 Å². The van der Waals surface area contributed by atoms with Gasteiger partial charge in [-0.3, -0.25) is 13.9 Å². The number of rotatable bonds is 12. The van der Waals surface area contributed by atoms with Crippen LogP contribution in [0.15, 0.2) is 77.7 Å². The molecule has 0 aliphatic carbocycles. The van der Waals surface area contributed by atoms with Gasteiger partial charge >= 0.3 is 0 Å². The Morgan fingerprint density at radius 2 is 1.67 bits per heavy atom. The van der Waals surface area contributed by atoms with E-state index in [4.69, 9.17) is 11.6 Å². The van der Waals surface area contributed by atoms with Gasteiger partial charge in [-0.25, -0.2) is 12.8 Å². The van der Waals surface area contributed by atoms with Crippen LogP contribution in [0.5, 0.6) is 0 Å². The Labute approximate surface area is 234 Å². The quantitative estimate of drug-likeness (QED) is 0.318. The van der Waals surface area contributed by atoms with Crippen LogP contribution in [0.1, 0.15) is 37.8 Å². The van der Waals surface area contributed by atoms with E-state index in [2.05, 4.69) is 5.32 Å². The molecule has 0 radical (unpaired) electrons. The van der Waals surface area contributed by atoms with Gasteiger partial charge in [0.05, 0.1) is 15.6 Å². The number of hydrogen-bond acceptors (Lipinski definition) is 4. The molecule has 0 aliphatic heterocycles. The smallest absolute Gasteiger partial charge is 0.264 e. The highest BCUT2D eigenvalue weighted by Gasteiger charge is 2.34. The predicted molar refractivity (Wildman–Crippen MR) is 151 cm³/mol. The molecule has 10 heteroatoms. The van der Waals surface area contributed by atoms with Crippen molar-refractivity contribution >= 4 is 39.1 Å². The Morgan fingerprint density at radius 1 is 1.00 bits per heavy atom. The number of benzene rings is 3. The van der Waals surface area contributed by atoms with Crippen molar-refractivity contribution in [2.45, 2.75) is 51.1 Å². The van der Waals surface area contributed by atoms with E-state index in [1.54, 1.807) is 25.1 Å². The van der Waals surface area contributed by atoms with E-state index in [1.807, 2.05) is 38.1 Å². The maximum atomic E-state index is 14.0. The van der Waals surface area contributed by atoms with Crippen LogP contribution in [-0.2, 0) is 26.2 Å². The Morgan fingerprint density at radius 3 is 2.28 bits per heavy atom. The summed E-state index contributed by atoms with van der Waals surface area (Å²) in [5, 5.41) is 2.57. The Hall–Kier alpha value is -3.43. The number of sulfonamides is 1. The fourth-order valence-electron chi connectivity index (χ4n) is 4.15. The average molecular weight is 574 g/mol. The summed E-state index contributed by atoms with van der Waals surface area (Å²) >= 11 is 6.00. The van der Waals surface area contributed by atoms with Crippen molar-refractivity contribution < 1.29 is 22.4 Å². The van der Waals surface area contributed by atoms with Crippen molar-refractivity contribution in [1.82, 2.24) is 10.2 Å². The van der Waals surface area contributed by atoms with Crippen LogP contribution in [-0.4, -0.2) is 44.3 Å². The second-order valence-electron chi connectivity index (χ2n) is 9.09. The zero-order chi connectivity index (χ0) is 28.6. The van der Waals surface area contributed by atoms with Crippen molar-refractivity contribution in [3.8, 4) is 0 Å². The van der Waals surface area contributed by atoms with Crippen molar-refractivity contribution in [3.63, 3.8) is 0 Å². The molecule has 0 aromatic heterocycles. The minimum absolute atomic E-state index is 0.0259. The van der Waals surface area contributed by atoms with Crippen LogP contribution in [0.3, 0.4) is 0 Å². The van der Waals surface area contributed by atoms with Crippen molar-refractivity contribution in [2.75, 3.05) is 17.4 Å². The molecule has 2 amide bonds. The number of aryl methyl sites for hydroxylation is 1. The SMILES string of the molecule is CCCNC(=O)C(CC)N(Cc1ccccc1C)C(=O)CN(c1ccc(F)c(Cl)c1)S(=O)(=O)c1ccccc1. The maximum Gasteiger partial charge on any atom is 0.264 e. The van der Waals surface area contributed by atoms with Gasteiger partial charge in [0.1, 0.15) is 18.4 Å². The zero-order valence-corrected chi connectivity index (χ0v) is 23.8. The molecule has 1 unspecified atom stereocenters. The number of amides is 2. The molecule has 0 fully saturated rings. The fourth-order valence-corrected chi connectivity index (χ4v) is 5.75. The van der Waals surface area contributed by atoms with E-state index in [0.717, 1.165) is 27.9 Å². The first kappa shape index (κ1) is 30.1. The third-order valence-corrected chi connectivity index (χ3v) is 8.42. The molecular weight excluding hydrogens is 541 g/mol. The molecule has 0 spiro atoms. The molecule has 1 atom stereocenters. The number of anilines is 1. The van der Waals surface area contributed by atoms with Gasteiger partial charge < -0.3 is 10.2 Å². The number of nitrogens with one attached hydrogen (secondary N) is 1. The second-order valence-corrected chi connectivity index (χ2v) is 11.4. The molecule has 39 heavy (non-hydrogen) atoms. The lowest BCUT2D eigenvalue weighted by Gasteiger charge is -2.33. The number of carbonyl (C=O) groups excluding carboxylic acids is 2. The van der Waals surface area contributed by atoms with Gasteiger partial charge in [0.15, 0.2) is 0 Å². The van der Waals surface area contributed by atoms with Crippen LogP contribution < -0.4 is 9.62 Å². The van der Waals surface area contributed by atoms with Crippen molar-refractivity contribution in [2.24, 2.45) is 0 Å². The molecule has 0 aliphatic rings. The van der Waals surface area contributed by atoms with Gasteiger partial charge in [-0.1, -0.05) is 67.9 Å². The normalized spacial score (nSPS) is 12.0. The van der Waals surface area contributed by atoms with Gasteiger partial charge in [-0.05, 0) is 61.2 Å². The Kier molecular flexibility index (Phi) is 10.5. The lowest BCUT2D eigenvalue weighted by atomic mass is 10.1. The third-order valence-electron chi connectivity index (χ3n) is 6.34. The van der Waals surface area contributed by atoms with Crippen molar-refractivity contribution in [1.29, 1.82) is 0 Å². The number of nitrogens with zero attached hydrogens (tertiary/aromatic N) is 2. The third kappa shape index (κ3) is 7.36. The molecule has 208 valence electrons. The number of carbonyl (C=O) groups is 2. The molecule has 0 saturated carbocycles. The molecule has 3 rings (SSSR count). The first-order valence-corrected chi connectivity index (χ1v) is 14.6. The standard InChI is InChI=1S/C29H33ClFN3O4S/c1-4-17-32-29(36)27(5-2)33(19-22-12-10-9-11-21(22)3)28(35)20-34(23-15-16-26(31)25(30)18-23)39(37,38)24-13-7-6-8-14-24/h6-16,18,27H,4-5,17,19-20H2,1-3H3,(H,32,36). The molecular formula is C29H33ClFN3O4S. The van der Waals surface area contributed by atoms with E-state index >= 15 is 0 Å². The lowest BCUT2D eigenvalue weighted by molar-refractivity contribution is -0.140. The van der Waals surface area contributed by atoms with Gasteiger partial charge in [0, 0.05) is 13.1 Å². The second kappa shape index (κ2) is 13.6.